The lowest BCUT2D eigenvalue weighted by molar-refractivity contribution is -0.144. The Balaban J connectivity index is 2.76. The molecule has 5 nitrogen and oxygen atoms in total. The monoisotopic (exact) mass is 338 g/mol. The van der Waals surface area contributed by atoms with Gasteiger partial charge in [-0.25, -0.2) is 4.98 Å². The fourth-order valence-electron chi connectivity index (χ4n) is 1.24. The van der Waals surface area contributed by atoms with Crippen molar-refractivity contribution in [2.45, 2.75) is 26.7 Å². The molecular weight excluding hydrogens is 323 g/mol. The smallest absolute Gasteiger partial charge is 0.266 e. The molecule has 0 saturated carbocycles. The second-order valence-electron chi connectivity index (χ2n) is 3.04. The second kappa shape index (κ2) is 6.97. The van der Waals surface area contributed by atoms with Gasteiger partial charge in [-0.05, 0) is 36.4 Å². The molecule has 1 rings (SSSR count). The predicted molar refractivity (Wildman–Crippen MR) is 68.3 cm³/mol. The summed E-state index contributed by atoms with van der Waals surface area (Å²) in [5.74, 6) is 0. The van der Waals surface area contributed by atoms with Crippen molar-refractivity contribution in [3.63, 3.8) is 0 Å². The van der Waals surface area contributed by atoms with E-state index in [0.717, 1.165) is 0 Å². The average Bonchev–Trinajstić information content (AvgIpc) is 2.25. The van der Waals surface area contributed by atoms with Gasteiger partial charge in [0.25, 0.3) is 5.56 Å². The Kier molecular flexibility index (Phi) is 5.93. The van der Waals surface area contributed by atoms with Gasteiger partial charge >= 0.3 is 0 Å². The Morgan fingerprint density at radius 3 is 2.62 bits per heavy atom. The zero-order valence-corrected chi connectivity index (χ0v) is 11.5. The van der Waals surface area contributed by atoms with E-state index in [2.05, 4.69) is 4.98 Å². The van der Waals surface area contributed by atoms with Gasteiger partial charge in [-0.3, -0.25) is 9.36 Å². The minimum atomic E-state index is -0.396. The molecule has 0 N–H and O–H groups in total. The highest BCUT2D eigenvalue weighted by Gasteiger charge is 2.10. The molecule has 1 heterocycles. The van der Waals surface area contributed by atoms with Gasteiger partial charge in [0.05, 0.1) is 16.4 Å². The van der Waals surface area contributed by atoms with Gasteiger partial charge in [-0.1, -0.05) is 0 Å². The molecule has 0 fully saturated rings. The van der Waals surface area contributed by atoms with E-state index in [4.69, 9.17) is 9.47 Å². The number of ether oxygens (including phenoxy) is 2. The van der Waals surface area contributed by atoms with Crippen LogP contribution < -0.4 is 5.56 Å². The van der Waals surface area contributed by atoms with E-state index in [1.54, 1.807) is 0 Å². The lowest BCUT2D eigenvalue weighted by Crippen LogP contribution is -2.31. The quantitative estimate of drug-likeness (QED) is 0.579. The number of aromatic nitrogens is 2. The van der Waals surface area contributed by atoms with Crippen LogP contribution in [0.3, 0.4) is 0 Å². The summed E-state index contributed by atoms with van der Waals surface area (Å²) in [6, 6.07) is 0. The molecule has 0 radical (unpaired) electrons. The van der Waals surface area contributed by atoms with Gasteiger partial charge in [0.15, 0.2) is 6.29 Å². The zero-order valence-electron chi connectivity index (χ0n) is 9.35. The highest BCUT2D eigenvalue weighted by molar-refractivity contribution is 14.1. The van der Waals surface area contributed by atoms with Crippen LogP contribution in [0.15, 0.2) is 17.3 Å². The predicted octanol–water partition coefficient (Wildman–Crippen LogP) is 1.25. The summed E-state index contributed by atoms with van der Waals surface area (Å²) in [5, 5.41) is 0. The van der Waals surface area contributed by atoms with Gasteiger partial charge < -0.3 is 9.47 Å². The van der Waals surface area contributed by atoms with Crippen LogP contribution >= 0.6 is 22.6 Å². The van der Waals surface area contributed by atoms with Crippen LogP contribution in [-0.4, -0.2) is 29.1 Å². The van der Waals surface area contributed by atoms with Crippen molar-refractivity contribution in [1.29, 1.82) is 0 Å². The van der Waals surface area contributed by atoms with E-state index in [-0.39, 0.29) is 5.56 Å². The first kappa shape index (κ1) is 13.6. The first-order chi connectivity index (χ1) is 7.69. The molecule has 6 heteroatoms. The van der Waals surface area contributed by atoms with Crippen molar-refractivity contribution in [1.82, 2.24) is 9.55 Å². The first-order valence-electron chi connectivity index (χ1n) is 5.12. The molecule has 0 amide bonds. The van der Waals surface area contributed by atoms with Crippen molar-refractivity contribution in [2.75, 3.05) is 13.2 Å². The van der Waals surface area contributed by atoms with E-state index in [1.807, 2.05) is 36.4 Å². The molecule has 90 valence electrons. The van der Waals surface area contributed by atoms with Gasteiger partial charge in [0, 0.05) is 19.4 Å². The molecule has 0 aliphatic rings. The van der Waals surface area contributed by atoms with Crippen molar-refractivity contribution < 1.29 is 9.47 Å². The molecule has 0 atom stereocenters. The van der Waals surface area contributed by atoms with E-state index in [9.17, 15) is 4.79 Å². The summed E-state index contributed by atoms with van der Waals surface area (Å²) in [7, 11) is 0. The van der Waals surface area contributed by atoms with Crippen LogP contribution in [0, 0.1) is 3.57 Å². The first-order valence-corrected chi connectivity index (χ1v) is 6.20. The molecule has 0 saturated heterocycles. The highest BCUT2D eigenvalue weighted by atomic mass is 127. The molecule has 1 aromatic rings. The van der Waals surface area contributed by atoms with Gasteiger partial charge in [0.1, 0.15) is 0 Å². The number of nitrogens with zero attached hydrogens (tertiary/aromatic N) is 2. The second-order valence-corrected chi connectivity index (χ2v) is 4.20. The Labute approximate surface area is 108 Å². The largest absolute Gasteiger partial charge is 0.351 e. The van der Waals surface area contributed by atoms with Crippen molar-refractivity contribution in [2.24, 2.45) is 0 Å². The molecule has 16 heavy (non-hydrogen) atoms. The SMILES string of the molecule is CCOC(Cn1cncc(I)c1=O)OCC. The third-order valence-electron chi connectivity index (χ3n) is 1.91. The number of halogens is 1. The Bertz CT molecular complexity index is 375. The standard InChI is InChI=1S/C10H15IN2O3/c1-3-15-9(16-4-2)6-13-7-12-5-8(11)10(13)14/h5,7,9H,3-4,6H2,1-2H3. The zero-order chi connectivity index (χ0) is 12.0. The molecule has 0 unspecified atom stereocenters. The summed E-state index contributed by atoms with van der Waals surface area (Å²) in [5.41, 5.74) is -0.0694. The summed E-state index contributed by atoms with van der Waals surface area (Å²) in [6.45, 7) is 5.25. The fourth-order valence-corrected chi connectivity index (χ4v) is 1.71. The fraction of sp³-hybridized carbons (Fsp3) is 0.600. The number of hydrogen-bond donors (Lipinski definition) is 0. The minimum Gasteiger partial charge on any atom is -0.351 e. The van der Waals surface area contributed by atoms with E-state index >= 15 is 0 Å². The minimum absolute atomic E-state index is 0.0694. The Morgan fingerprint density at radius 2 is 2.06 bits per heavy atom. The highest BCUT2D eigenvalue weighted by Crippen LogP contribution is 1.99. The molecular formula is C10H15IN2O3. The van der Waals surface area contributed by atoms with Crippen molar-refractivity contribution in [3.8, 4) is 0 Å². The third-order valence-corrected chi connectivity index (χ3v) is 2.65. The van der Waals surface area contributed by atoms with Crippen LogP contribution in [-0.2, 0) is 16.0 Å². The topological polar surface area (TPSA) is 53.4 Å². The van der Waals surface area contributed by atoms with Gasteiger partial charge in [-0.15, -0.1) is 0 Å². The maximum atomic E-state index is 11.7. The van der Waals surface area contributed by atoms with Crippen LogP contribution in [0.4, 0.5) is 0 Å². The van der Waals surface area contributed by atoms with E-state index in [1.165, 1.54) is 17.1 Å². The maximum Gasteiger partial charge on any atom is 0.266 e. The van der Waals surface area contributed by atoms with E-state index < -0.39 is 6.29 Å². The molecule has 0 aromatic carbocycles. The number of hydrogen-bond acceptors (Lipinski definition) is 4. The molecule has 1 aromatic heterocycles. The molecule has 0 spiro atoms. The summed E-state index contributed by atoms with van der Waals surface area (Å²) in [6.07, 6.45) is 2.64. The summed E-state index contributed by atoms with van der Waals surface area (Å²) < 4.78 is 12.8. The lowest BCUT2D eigenvalue weighted by Gasteiger charge is -2.17. The normalized spacial score (nSPS) is 11.0. The third kappa shape index (κ3) is 3.84. The number of rotatable bonds is 6. The van der Waals surface area contributed by atoms with Crippen LogP contribution in [0.25, 0.3) is 0 Å². The van der Waals surface area contributed by atoms with Crippen LogP contribution in [0.2, 0.25) is 0 Å². The molecule has 0 aliphatic carbocycles. The summed E-state index contributed by atoms with van der Waals surface area (Å²) in [4.78, 5) is 15.7. The van der Waals surface area contributed by atoms with Crippen molar-refractivity contribution in [3.05, 3.63) is 26.4 Å². The van der Waals surface area contributed by atoms with Gasteiger partial charge in [-0.2, -0.15) is 0 Å². The maximum absolute atomic E-state index is 11.7. The van der Waals surface area contributed by atoms with E-state index in [0.29, 0.717) is 23.3 Å². The molecule has 0 aliphatic heterocycles. The molecule has 0 bridgehead atoms. The lowest BCUT2D eigenvalue weighted by atomic mass is 10.5. The Morgan fingerprint density at radius 1 is 1.44 bits per heavy atom. The summed E-state index contributed by atoms with van der Waals surface area (Å²) >= 11 is 1.96. The van der Waals surface area contributed by atoms with Gasteiger partial charge in [0.2, 0.25) is 0 Å². The van der Waals surface area contributed by atoms with Crippen LogP contribution in [0.5, 0.6) is 0 Å². The van der Waals surface area contributed by atoms with Crippen LogP contribution in [0.1, 0.15) is 13.8 Å². The Hall–Kier alpha value is -0.470. The average molecular weight is 338 g/mol. The van der Waals surface area contributed by atoms with Crippen molar-refractivity contribution >= 4 is 22.6 Å².